The van der Waals surface area contributed by atoms with Crippen LogP contribution in [0.15, 0.2) is 11.6 Å². The van der Waals surface area contributed by atoms with Crippen LogP contribution in [-0.2, 0) is 4.79 Å². The van der Waals surface area contributed by atoms with E-state index in [0.717, 1.165) is 6.42 Å². The van der Waals surface area contributed by atoms with E-state index in [4.69, 9.17) is 0 Å². The lowest BCUT2D eigenvalue weighted by atomic mass is 9.51. The zero-order valence-corrected chi connectivity index (χ0v) is 12.0. The first kappa shape index (κ1) is 12.9. The van der Waals surface area contributed by atoms with Crippen LogP contribution in [0.5, 0.6) is 0 Å². The van der Waals surface area contributed by atoms with E-state index in [1.165, 1.54) is 19.3 Å². The Kier molecular flexibility index (Phi) is 3.00. The van der Waals surface area contributed by atoms with Gasteiger partial charge in [-0.3, -0.25) is 4.79 Å². The van der Waals surface area contributed by atoms with E-state index in [0.29, 0.717) is 17.1 Å². The largest absolute Gasteiger partial charge is 0.300 e. The Morgan fingerprint density at radius 2 is 1.94 bits per heavy atom. The van der Waals surface area contributed by atoms with Crippen molar-refractivity contribution >= 4 is 5.78 Å². The maximum atomic E-state index is 12.1. The lowest BCUT2D eigenvalue weighted by Crippen LogP contribution is -2.47. The van der Waals surface area contributed by atoms with Crippen LogP contribution in [0.1, 0.15) is 60.3 Å². The second-order valence-electron chi connectivity index (χ2n) is 7.07. The fourth-order valence-electron chi connectivity index (χ4n) is 4.69. The molecule has 0 aromatic carbocycles. The maximum Gasteiger partial charge on any atom is 0.134 e. The van der Waals surface area contributed by atoms with E-state index >= 15 is 0 Å². The quantitative estimate of drug-likeness (QED) is 0.616. The zero-order valence-electron chi connectivity index (χ0n) is 12.0. The molecule has 1 nitrogen and oxygen atoms in total. The second-order valence-corrected chi connectivity index (χ2v) is 7.07. The molecule has 17 heavy (non-hydrogen) atoms. The van der Waals surface area contributed by atoms with Crippen molar-refractivity contribution in [1.82, 2.24) is 0 Å². The number of hydrogen-bond donors (Lipinski definition) is 0. The molecule has 1 saturated carbocycles. The molecule has 3 atom stereocenters. The first-order valence-electron chi connectivity index (χ1n) is 7.00. The molecule has 2 rings (SSSR count). The molecule has 0 saturated heterocycles. The van der Waals surface area contributed by atoms with Gasteiger partial charge in [0.1, 0.15) is 5.78 Å². The maximum absolute atomic E-state index is 12.1. The fourth-order valence-corrected chi connectivity index (χ4v) is 4.69. The molecule has 1 heteroatoms. The summed E-state index contributed by atoms with van der Waals surface area (Å²) in [7, 11) is 0. The lowest BCUT2D eigenvalue weighted by molar-refractivity contribution is -0.127. The van der Waals surface area contributed by atoms with Gasteiger partial charge in [0.2, 0.25) is 0 Å². The predicted octanol–water partition coefficient (Wildman–Crippen LogP) is 4.37. The van der Waals surface area contributed by atoms with Gasteiger partial charge < -0.3 is 0 Å². The van der Waals surface area contributed by atoms with Crippen LogP contribution in [0.4, 0.5) is 0 Å². The van der Waals surface area contributed by atoms with Crippen molar-refractivity contribution in [2.75, 3.05) is 0 Å². The van der Waals surface area contributed by atoms with Gasteiger partial charge in [-0.1, -0.05) is 45.8 Å². The third-order valence-corrected chi connectivity index (χ3v) is 5.23. The number of Topliss-reactive ketones (excluding diaryl/α,β-unsaturated/α-hetero) is 1. The third-order valence-electron chi connectivity index (χ3n) is 5.23. The molecule has 0 bridgehead atoms. The highest BCUT2D eigenvalue weighted by molar-refractivity contribution is 5.80. The summed E-state index contributed by atoms with van der Waals surface area (Å²) >= 11 is 0. The van der Waals surface area contributed by atoms with Gasteiger partial charge in [0, 0.05) is 5.92 Å². The molecule has 0 amide bonds. The average Bonchev–Trinajstić information content (AvgIpc) is 2.14. The minimum atomic E-state index is 0.130. The number of fused-ring (bicyclic) bond motifs is 1. The van der Waals surface area contributed by atoms with Crippen molar-refractivity contribution in [2.45, 2.75) is 60.3 Å². The number of rotatable bonds is 1. The normalized spacial score (nSPS) is 40.4. The molecule has 0 aromatic rings. The van der Waals surface area contributed by atoms with Crippen LogP contribution < -0.4 is 0 Å². The Balaban J connectivity index is 2.48. The fraction of sp³-hybridized carbons (Fsp3) is 0.812. The molecule has 0 unspecified atom stereocenters. The Labute approximate surface area is 106 Å². The molecule has 0 radical (unpaired) electrons. The summed E-state index contributed by atoms with van der Waals surface area (Å²) in [6, 6.07) is 0. The summed E-state index contributed by atoms with van der Waals surface area (Å²) in [5.41, 5.74) is 1.99. The molecule has 0 N–H and O–H groups in total. The smallest absolute Gasteiger partial charge is 0.134 e. The van der Waals surface area contributed by atoms with Crippen LogP contribution in [0.25, 0.3) is 0 Å². The minimum Gasteiger partial charge on any atom is -0.300 e. The minimum absolute atomic E-state index is 0.130. The first-order valence-corrected chi connectivity index (χ1v) is 7.00. The van der Waals surface area contributed by atoms with Crippen LogP contribution in [0.2, 0.25) is 0 Å². The van der Waals surface area contributed by atoms with E-state index in [9.17, 15) is 4.79 Å². The Morgan fingerprint density at radius 1 is 1.29 bits per heavy atom. The van der Waals surface area contributed by atoms with Crippen molar-refractivity contribution < 1.29 is 4.79 Å². The average molecular weight is 234 g/mol. The van der Waals surface area contributed by atoms with Gasteiger partial charge in [-0.15, -0.1) is 0 Å². The van der Waals surface area contributed by atoms with Gasteiger partial charge in [-0.2, -0.15) is 0 Å². The molecular formula is C16H26O. The number of ketones is 1. The summed E-state index contributed by atoms with van der Waals surface area (Å²) in [5.74, 6) is 1.14. The third kappa shape index (κ3) is 1.88. The van der Waals surface area contributed by atoms with Crippen LogP contribution in [0, 0.1) is 22.7 Å². The van der Waals surface area contributed by atoms with Gasteiger partial charge in [0.15, 0.2) is 0 Å². The molecule has 2 aliphatic carbocycles. The molecule has 0 spiro atoms. The van der Waals surface area contributed by atoms with E-state index in [1.54, 1.807) is 12.5 Å². The highest BCUT2D eigenvalue weighted by Crippen LogP contribution is 2.58. The van der Waals surface area contributed by atoms with Crippen LogP contribution >= 0.6 is 0 Å². The van der Waals surface area contributed by atoms with E-state index in [1.807, 2.05) is 0 Å². The van der Waals surface area contributed by atoms with Crippen molar-refractivity contribution in [2.24, 2.45) is 22.7 Å². The molecule has 1 fully saturated rings. The number of carbonyl (C=O) groups is 1. The molecule has 0 heterocycles. The summed E-state index contributed by atoms with van der Waals surface area (Å²) in [6.07, 6.45) is 7.25. The highest BCUT2D eigenvalue weighted by atomic mass is 16.1. The van der Waals surface area contributed by atoms with Gasteiger partial charge in [0.25, 0.3) is 0 Å². The van der Waals surface area contributed by atoms with Crippen molar-refractivity contribution in [3.05, 3.63) is 11.6 Å². The Bertz CT molecular complexity index is 364. The molecule has 0 aromatic heterocycles. The topological polar surface area (TPSA) is 17.1 Å². The zero-order chi connectivity index (χ0) is 12.8. The van der Waals surface area contributed by atoms with E-state index in [-0.39, 0.29) is 11.3 Å². The summed E-state index contributed by atoms with van der Waals surface area (Å²) < 4.78 is 0. The lowest BCUT2D eigenvalue weighted by Gasteiger charge is -2.53. The van der Waals surface area contributed by atoms with Crippen LogP contribution in [-0.4, -0.2) is 5.78 Å². The van der Waals surface area contributed by atoms with Gasteiger partial charge in [-0.05, 0) is 42.9 Å². The molecular weight excluding hydrogens is 208 g/mol. The van der Waals surface area contributed by atoms with E-state index in [2.05, 4.69) is 33.8 Å². The number of hydrogen-bond acceptors (Lipinski definition) is 1. The predicted molar refractivity (Wildman–Crippen MR) is 71.8 cm³/mol. The van der Waals surface area contributed by atoms with E-state index < -0.39 is 0 Å². The molecule has 2 aliphatic rings. The number of allylic oxidation sites excluding steroid dienone is 2. The SMILES string of the molecule is CC(=O)[C@H]1[C@H](C)CC=C2C(C)(C)CCC[C@@]21C. The summed E-state index contributed by atoms with van der Waals surface area (Å²) in [4.78, 5) is 12.1. The monoisotopic (exact) mass is 234 g/mol. The second kappa shape index (κ2) is 3.96. The van der Waals surface area contributed by atoms with Gasteiger partial charge in [-0.25, -0.2) is 0 Å². The Hall–Kier alpha value is -0.590. The molecule has 96 valence electrons. The van der Waals surface area contributed by atoms with Gasteiger partial charge >= 0.3 is 0 Å². The standard InChI is InChI=1S/C16H26O/c1-11-7-8-13-15(3,4)9-6-10-16(13,5)14(11)12(2)17/h8,11,14H,6-7,9-10H2,1-5H3/t11-,14-,16+/m1/s1. The van der Waals surface area contributed by atoms with Crippen LogP contribution in [0.3, 0.4) is 0 Å². The number of carbonyl (C=O) groups excluding carboxylic acids is 1. The van der Waals surface area contributed by atoms with Crippen molar-refractivity contribution in [1.29, 1.82) is 0 Å². The van der Waals surface area contributed by atoms with Crippen molar-refractivity contribution in [3.8, 4) is 0 Å². The highest BCUT2D eigenvalue weighted by Gasteiger charge is 2.50. The summed E-state index contributed by atoms with van der Waals surface area (Å²) in [5, 5.41) is 0. The molecule has 0 aliphatic heterocycles. The Morgan fingerprint density at radius 3 is 2.53 bits per heavy atom. The first-order chi connectivity index (χ1) is 7.79. The van der Waals surface area contributed by atoms with Crippen molar-refractivity contribution in [3.63, 3.8) is 0 Å². The van der Waals surface area contributed by atoms with Gasteiger partial charge in [0.05, 0.1) is 0 Å². The summed E-state index contributed by atoms with van der Waals surface area (Å²) in [6.45, 7) is 11.1.